The molecule has 5 rings (SSSR count). The van der Waals surface area contributed by atoms with Crippen molar-refractivity contribution in [3.8, 4) is 0 Å². The summed E-state index contributed by atoms with van der Waals surface area (Å²) in [5.74, 6) is 0.310. The number of hydrogen-bond acceptors (Lipinski definition) is 2. The van der Waals surface area contributed by atoms with Gasteiger partial charge in [-0.25, -0.2) is 0 Å². The number of rotatable bonds is 2. The van der Waals surface area contributed by atoms with E-state index < -0.39 is 0 Å². The van der Waals surface area contributed by atoms with Crippen molar-refractivity contribution in [3.63, 3.8) is 0 Å². The van der Waals surface area contributed by atoms with E-state index in [0.29, 0.717) is 12.5 Å². The average molecular weight is 332 g/mol. The quantitative estimate of drug-likeness (QED) is 0.908. The Labute approximate surface area is 149 Å². The van der Waals surface area contributed by atoms with Crippen LogP contribution in [0, 0.1) is 0 Å². The molecular formula is C22H24N2O. The van der Waals surface area contributed by atoms with Crippen LogP contribution >= 0.6 is 0 Å². The molecule has 3 heteroatoms. The minimum Gasteiger partial charge on any atom is -0.310 e. The molecule has 128 valence electrons. The molecule has 1 aliphatic carbocycles. The van der Waals surface area contributed by atoms with Crippen LogP contribution in [0.5, 0.6) is 0 Å². The average Bonchev–Trinajstić information content (AvgIpc) is 3.34. The fourth-order valence-electron chi connectivity index (χ4n) is 5.61. The first-order chi connectivity index (χ1) is 12.3. The van der Waals surface area contributed by atoms with Gasteiger partial charge in [0.15, 0.2) is 0 Å². The molecule has 1 saturated heterocycles. The van der Waals surface area contributed by atoms with Gasteiger partial charge in [0.25, 0.3) is 0 Å². The Kier molecular flexibility index (Phi) is 3.29. The number of nitrogens with one attached hydrogen (secondary N) is 1. The van der Waals surface area contributed by atoms with Crippen molar-refractivity contribution in [2.75, 3.05) is 11.4 Å². The first-order valence-electron chi connectivity index (χ1n) is 9.47. The largest absolute Gasteiger partial charge is 0.310 e. The third kappa shape index (κ3) is 1.93. The van der Waals surface area contributed by atoms with E-state index in [1.54, 1.807) is 0 Å². The van der Waals surface area contributed by atoms with Crippen molar-refractivity contribution >= 4 is 11.6 Å². The lowest BCUT2D eigenvalue weighted by molar-refractivity contribution is -0.125. The minimum atomic E-state index is -0.366. The highest BCUT2D eigenvalue weighted by atomic mass is 16.2. The Balaban J connectivity index is 1.64. The summed E-state index contributed by atoms with van der Waals surface area (Å²) in [4.78, 5) is 15.9. The van der Waals surface area contributed by atoms with Crippen LogP contribution in [0.3, 0.4) is 0 Å². The molecule has 2 aliphatic heterocycles. The fraction of sp³-hybridized carbons (Fsp3) is 0.409. The second-order valence-corrected chi connectivity index (χ2v) is 7.77. The fourth-order valence-corrected chi connectivity index (χ4v) is 5.61. The normalized spacial score (nSPS) is 26.7. The number of fused-ring (bicyclic) bond motifs is 3. The number of amides is 1. The van der Waals surface area contributed by atoms with E-state index in [9.17, 15) is 4.79 Å². The lowest BCUT2D eigenvalue weighted by Gasteiger charge is -2.40. The van der Waals surface area contributed by atoms with Crippen molar-refractivity contribution in [1.29, 1.82) is 0 Å². The predicted molar refractivity (Wildman–Crippen MR) is 99.6 cm³/mol. The summed E-state index contributed by atoms with van der Waals surface area (Å²) < 4.78 is 0. The molecule has 1 amide bonds. The molecule has 2 spiro atoms. The molecule has 2 fully saturated rings. The second kappa shape index (κ2) is 5.43. The van der Waals surface area contributed by atoms with Gasteiger partial charge in [0.2, 0.25) is 5.91 Å². The Morgan fingerprint density at radius 1 is 0.920 bits per heavy atom. The highest BCUT2D eigenvalue weighted by molar-refractivity contribution is 6.09. The molecule has 2 aromatic carbocycles. The number of anilines is 1. The maximum Gasteiger partial charge on any atom is 0.239 e. The minimum absolute atomic E-state index is 0.0361. The third-order valence-corrected chi connectivity index (χ3v) is 6.69. The van der Waals surface area contributed by atoms with Gasteiger partial charge in [-0.1, -0.05) is 61.4 Å². The molecule has 1 saturated carbocycles. The molecular weight excluding hydrogens is 308 g/mol. The number of para-hydroxylation sites is 1. The molecule has 0 unspecified atom stereocenters. The lowest BCUT2D eigenvalue weighted by atomic mass is 9.65. The van der Waals surface area contributed by atoms with Gasteiger partial charge in [-0.2, -0.15) is 0 Å². The van der Waals surface area contributed by atoms with Crippen LogP contribution in [0.4, 0.5) is 5.69 Å². The molecule has 1 N–H and O–H groups in total. The van der Waals surface area contributed by atoms with E-state index in [-0.39, 0.29) is 11.0 Å². The molecule has 2 heterocycles. The summed E-state index contributed by atoms with van der Waals surface area (Å²) in [6.07, 6.45) is 5.61. The van der Waals surface area contributed by atoms with E-state index in [0.717, 1.165) is 31.5 Å². The van der Waals surface area contributed by atoms with Crippen LogP contribution in [-0.4, -0.2) is 18.0 Å². The van der Waals surface area contributed by atoms with Gasteiger partial charge in [-0.15, -0.1) is 0 Å². The molecule has 3 aliphatic rings. The van der Waals surface area contributed by atoms with Crippen LogP contribution in [0.15, 0.2) is 54.6 Å². The van der Waals surface area contributed by atoms with Crippen LogP contribution in [0.25, 0.3) is 0 Å². The number of carbonyl (C=O) groups excluding carboxylic acids is 1. The summed E-state index contributed by atoms with van der Waals surface area (Å²) in [5.41, 5.74) is 3.16. The zero-order valence-corrected chi connectivity index (χ0v) is 14.5. The topological polar surface area (TPSA) is 32.3 Å². The Bertz CT molecular complexity index is 804. The lowest BCUT2D eigenvalue weighted by Crippen LogP contribution is -2.57. The van der Waals surface area contributed by atoms with E-state index in [1.165, 1.54) is 24.0 Å². The number of nitrogens with zero attached hydrogens (tertiary/aromatic N) is 1. The number of carbonyl (C=O) groups is 1. The Morgan fingerprint density at radius 2 is 1.64 bits per heavy atom. The standard InChI is InChI=1S/C22H24N2O/c25-20-22(14-15-23-21(22)12-6-7-13-21)18-10-4-5-11-19(18)24(20)16-17-8-2-1-3-9-17/h1-5,8-11,23H,6-7,12-16H2/t22-/m1/s1. The maximum absolute atomic E-state index is 13.8. The summed E-state index contributed by atoms with van der Waals surface area (Å²) in [5, 5.41) is 3.77. The van der Waals surface area contributed by atoms with Crippen molar-refractivity contribution in [1.82, 2.24) is 5.32 Å². The summed E-state index contributed by atoms with van der Waals surface area (Å²) in [6, 6.07) is 18.8. The predicted octanol–water partition coefficient (Wildman–Crippen LogP) is 3.78. The third-order valence-electron chi connectivity index (χ3n) is 6.69. The molecule has 3 nitrogen and oxygen atoms in total. The molecule has 0 aromatic heterocycles. The van der Waals surface area contributed by atoms with E-state index >= 15 is 0 Å². The highest BCUT2D eigenvalue weighted by Crippen LogP contribution is 2.57. The number of hydrogen-bond donors (Lipinski definition) is 1. The van der Waals surface area contributed by atoms with Gasteiger partial charge in [0, 0.05) is 11.2 Å². The summed E-state index contributed by atoms with van der Waals surface area (Å²) in [6.45, 7) is 1.60. The maximum atomic E-state index is 13.8. The van der Waals surface area contributed by atoms with Gasteiger partial charge < -0.3 is 10.2 Å². The molecule has 0 radical (unpaired) electrons. The first-order valence-corrected chi connectivity index (χ1v) is 9.47. The Hall–Kier alpha value is -2.13. The zero-order valence-electron chi connectivity index (χ0n) is 14.5. The van der Waals surface area contributed by atoms with E-state index in [4.69, 9.17) is 0 Å². The van der Waals surface area contributed by atoms with Crippen molar-refractivity contribution in [3.05, 3.63) is 65.7 Å². The summed E-state index contributed by atoms with van der Waals surface area (Å²) >= 11 is 0. The van der Waals surface area contributed by atoms with Gasteiger partial charge in [0.05, 0.1) is 12.0 Å². The van der Waals surface area contributed by atoms with Gasteiger partial charge in [-0.05, 0) is 43.0 Å². The van der Waals surface area contributed by atoms with Crippen LogP contribution in [-0.2, 0) is 16.8 Å². The molecule has 2 aromatic rings. The molecule has 25 heavy (non-hydrogen) atoms. The van der Waals surface area contributed by atoms with Crippen LogP contribution < -0.4 is 10.2 Å². The SMILES string of the molecule is O=C1N(Cc2ccccc2)c2ccccc2[C@]12CCNC21CCCC1. The van der Waals surface area contributed by atoms with E-state index in [2.05, 4.69) is 41.7 Å². The molecule has 0 bridgehead atoms. The Morgan fingerprint density at radius 3 is 2.44 bits per heavy atom. The van der Waals surface area contributed by atoms with Gasteiger partial charge in [0.1, 0.15) is 0 Å². The highest BCUT2D eigenvalue weighted by Gasteiger charge is 2.65. The smallest absolute Gasteiger partial charge is 0.239 e. The molecule has 1 atom stereocenters. The van der Waals surface area contributed by atoms with E-state index in [1.807, 2.05) is 23.1 Å². The van der Waals surface area contributed by atoms with Crippen molar-refractivity contribution in [2.24, 2.45) is 0 Å². The van der Waals surface area contributed by atoms with Crippen molar-refractivity contribution in [2.45, 2.75) is 49.6 Å². The van der Waals surface area contributed by atoms with Crippen LogP contribution in [0.1, 0.15) is 43.2 Å². The zero-order chi connectivity index (χ0) is 16.9. The second-order valence-electron chi connectivity index (χ2n) is 7.77. The summed E-state index contributed by atoms with van der Waals surface area (Å²) in [7, 11) is 0. The van der Waals surface area contributed by atoms with Gasteiger partial charge >= 0.3 is 0 Å². The van der Waals surface area contributed by atoms with Crippen molar-refractivity contribution < 1.29 is 4.79 Å². The van der Waals surface area contributed by atoms with Gasteiger partial charge in [-0.3, -0.25) is 4.79 Å². The number of benzene rings is 2. The van der Waals surface area contributed by atoms with Crippen LogP contribution in [0.2, 0.25) is 0 Å². The monoisotopic (exact) mass is 332 g/mol. The first kappa shape index (κ1) is 15.2.